The number of benzene rings is 1. The average Bonchev–Trinajstić information content (AvgIpc) is 2.45. The van der Waals surface area contributed by atoms with Crippen LogP contribution in [0.15, 0.2) is 36.4 Å². The molecule has 0 spiro atoms. The molecule has 1 aromatic rings. The normalized spacial score (nSPS) is 11.4. The van der Waals surface area contributed by atoms with Gasteiger partial charge in [-0.3, -0.25) is 0 Å². The number of carboxylic acids is 1. The van der Waals surface area contributed by atoms with E-state index in [0.717, 1.165) is 5.56 Å². The molecule has 1 rings (SSSR count). The highest BCUT2D eigenvalue weighted by Gasteiger charge is 2.14. The zero-order chi connectivity index (χ0) is 17.3. The van der Waals surface area contributed by atoms with E-state index in [4.69, 9.17) is 9.84 Å². The minimum absolute atomic E-state index is 0.280. The number of nitrogens with one attached hydrogen (secondary N) is 2. The van der Waals surface area contributed by atoms with Crippen molar-refractivity contribution >= 4 is 12.1 Å². The van der Waals surface area contributed by atoms with Crippen molar-refractivity contribution in [2.45, 2.75) is 32.9 Å². The molecule has 0 radical (unpaired) electrons. The molecule has 0 saturated heterocycles. The lowest BCUT2D eigenvalue weighted by atomic mass is 10.1. The number of hydrogen-bond donors (Lipinski definition) is 3. The summed E-state index contributed by atoms with van der Waals surface area (Å²) in [7, 11) is 0. The summed E-state index contributed by atoms with van der Waals surface area (Å²) < 4.78 is 5.11. The van der Waals surface area contributed by atoms with Gasteiger partial charge in [-0.05, 0) is 38.5 Å². The van der Waals surface area contributed by atoms with Crippen LogP contribution in [0.5, 0.6) is 0 Å². The number of carbonyl (C=O) groups excluding carboxylic acids is 1. The Hall–Kier alpha value is -2.34. The van der Waals surface area contributed by atoms with Gasteiger partial charge in [-0.15, -0.1) is 0 Å². The molecule has 0 unspecified atom stereocenters. The number of amides is 1. The molecule has 3 N–H and O–H groups in total. The highest BCUT2D eigenvalue weighted by atomic mass is 16.6. The minimum Gasteiger partial charge on any atom is -0.478 e. The molecular weight excluding hydrogens is 296 g/mol. The summed E-state index contributed by atoms with van der Waals surface area (Å²) in [5.41, 5.74) is 0.795. The standard InChI is InChI=1S/C17H24N2O4/c1-17(2,3)23-16(22)19-11-5-4-10-18-12-13-6-8-14(9-7-13)15(20)21/h4-9,18H,10-12H2,1-3H3,(H,19,22)(H,20,21)/b5-4+. The first kappa shape index (κ1) is 18.7. The van der Waals surface area contributed by atoms with E-state index < -0.39 is 17.7 Å². The van der Waals surface area contributed by atoms with Crippen molar-refractivity contribution in [3.05, 3.63) is 47.5 Å². The summed E-state index contributed by atoms with van der Waals surface area (Å²) in [6.07, 6.45) is 3.31. The van der Waals surface area contributed by atoms with Gasteiger partial charge in [-0.1, -0.05) is 24.3 Å². The van der Waals surface area contributed by atoms with Crippen molar-refractivity contribution in [3.8, 4) is 0 Å². The van der Waals surface area contributed by atoms with Crippen LogP contribution in [0.3, 0.4) is 0 Å². The topological polar surface area (TPSA) is 87.7 Å². The molecule has 0 aliphatic carbocycles. The summed E-state index contributed by atoms with van der Waals surface area (Å²) in [5, 5.41) is 14.6. The van der Waals surface area contributed by atoms with Crippen molar-refractivity contribution in [2.75, 3.05) is 13.1 Å². The Morgan fingerprint density at radius 1 is 1.13 bits per heavy atom. The molecule has 23 heavy (non-hydrogen) atoms. The van der Waals surface area contributed by atoms with E-state index in [-0.39, 0.29) is 5.56 Å². The van der Waals surface area contributed by atoms with Crippen molar-refractivity contribution in [1.29, 1.82) is 0 Å². The van der Waals surface area contributed by atoms with Gasteiger partial charge in [0.1, 0.15) is 5.60 Å². The van der Waals surface area contributed by atoms with E-state index in [9.17, 15) is 9.59 Å². The molecule has 1 aromatic carbocycles. The van der Waals surface area contributed by atoms with Crippen LogP contribution in [0.2, 0.25) is 0 Å². The highest BCUT2D eigenvalue weighted by molar-refractivity contribution is 5.87. The van der Waals surface area contributed by atoms with Gasteiger partial charge in [0.05, 0.1) is 5.56 Å². The predicted octanol–water partition coefficient (Wildman–Crippen LogP) is 2.56. The molecule has 6 nitrogen and oxygen atoms in total. The number of carboxylic acid groups (broad SMARTS) is 1. The number of carbonyl (C=O) groups is 2. The quantitative estimate of drug-likeness (QED) is 0.531. The second kappa shape index (κ2) is 8.95. The van der Waals surface area contributed by atoms with E-state index in [0.29, 0.717) is 19.6 Å². The molecule has 6 heteroatoms. The number of alkyl carbamates (subject to hydrolysis) is 1. The predicted molar refractivity (Wildman–Crippen MR) is 88.5 cm³/mol. The monoisotopic (exact) mass is 320 g/mol. The largest absolute Gasteiger partial charge is 0.478 e. The van der Waals surface area contributed by atoms with Gasteiger partial charge >= 0.3 is 12.1 Å². The van der Waals surface area contributed by atoms with Crippen LogP contribution in [-0.4, -0.2) is 35.9 Å². The van der Waals surface area contributed by atoms with E-state index in [2.05, 4.69) is 10.6 Å². The molecular formula is C17H24N2O4. The Balaban J connectivity index is 2.17. The summed E-state index contributed by atoms with van der Waals surface area (Å²) in [5.74, 6) is -0.926. The Morgan fingerprint density at radius 3 is 2.30 bits per heavy atom. The number of aromatic carboxylic acids is 1. The van der Waals surface area contributed by atoms with E-state index in [1.54, 1.807) is 24.3 Å². The molecule has 1 amide bonds. The number of rotatable bonds is 7. The third-order valence-electron chi connectivity index (χ3n) is 2.72. The zero-order valence-electron chi connectivity index (χ0n) is 13.8. The van der Waals surface area contributed by atoms with Crippen molar-refractivity contribution in [3.63, 3.8) is 0 Å². The van der Waals surface area contributed by atoms with Crippen LogP contribution in [-0.2, 0) is 11.3 Å². The Kier molecular flexibility index (Phi) is 7.28. The second-order valence-corrected chi connectivity index (χ2v) is 5.99. The minimum atomic E-state index is -0.926. The van der Waals surface area contributed by atoms with Crippen molar-refractivity contribution < 1.29 is 19.4 Å². The fraction of sp³-hybridized carbons (Fsp3) is 0.412. The number of hydrogen-bond acceptors (Lipinski definition) is 4. The van der Waals surface area contributed by atoms with E-state index in [1.165, 1.54) is 0 Å². The van der Waals surface area contributed by atoms with Crippen LogP contribution >= 0.6 is 0 Å². The van der Waals surface area contributed by atoms with Gasteiger partial charge in [0.15, 0.2) is 0 Å². The lowest BCUT2D eigenvalue weighted by molar-refractivity contribution is 0.0533. The Bertz CT molecular complexity index is 545. The summed E-state index contributed by atoms with van der Waals surface area (Å²) in [4.78, 5) is 22.1. The third-order valence-corrected chi connectivity index (χ3v) is 2.72. The van der Waals surface area contributed by atoms with Crippen LogP contribution in [0, 0.1) is 0 Å². The maximum absolute atomic E-state index is 11.4. The first-order valence-electron chi connectivity index (χ1n) is 7.43. The van der Waals surface area contributed by atoms with Crippen molar-refractivity contribution in [1.82, 2.24) is 10.6 Å². The molecule has 0 aromatic heterocycles. The molecule has 0 atom stereocenters. The van der Waals surface area contributed by atoms with Gasteiger partial charge in [0, 0.05) is 19.6 Å². The zero-order valence-corrected chi connectivity index (χ0v) is 13.8. The molecule has 0 fully saturated rings. The molecule has 0 bridgehead atoms. The third kappa shape index (κ3) is 8.63. The number of ether oxygens (including phenoxy) is 1. The maximum Gasteiger partial charge on any atom is 0.407 e. The fourth-order valence-electron chi connectivity index (χ4n) is 1.69. The molecule has 0 saturated carbocycles. The first-order valence-corrected chi connectivity index (χ1v) is 7.43. The summed E-state index contributed by atoms with van der Waals surface area (Å²) >= 11 is 0. The van der Waals surface area contributed by atoms with Gasteiger partial charge in [0.2, 0.25) is 0 Å². The lowest BCUT2D eigenvalue weighted by Gasteiger charge is -2.19. The first-order chi connectivity index (χ1) is 10.8. The highest BCUT2D eigenvalue weighted by Crippen LogP contribution is 2.06. The smallest absolute Gasteiger partial charge is 0.407 e. The summed E-state index contributed by atoms with van der Waals surface area (Å²) in [6, 6.07) is 6.73. The second-order valence-electron chi connectivity index (χ2n) is 5.99. The lowest BCUT2D eigenvalue weighted by Crippen LogP contribution is -2.32. The van der Waals surface area contributed by atoms with Crippen molar-refractivity contribution in [2.24, 2.45) is 0 Å². The SMILES string of the molecule is CC(C)(C)OC(=O)NC/C=C/CNCc1ccc(C(=O)O)cc1. The van der Waals surface area contributed by atoms with Gasteiger partial charge in [-0.2, -0.15) is 0 Å². The molecule has 0 aliphatic rings. The fourth-order valence-corrected chi connectivity index (χ4v) is 1.69. The van der Waals surface area contributed by atoms with Crippen LogP contribution in [0.1, 0.15) is 36.7 Å². The van der Waals surface area contributed by atoms with Crippen LogP contribution < -0.4 is 10.6 Å². The average molecular weight is 320 g/mol. The van der Waals surface area contributed by atoms with E-state index in [1.807, 2.05) is 32.9 Å². The molecule has 126 valence electrons. The van der Waals surface area contributed by atoms with Gasteiger partial charge < -0.3 is 20.5 Å². The summed E-state index contributed by atoms with van der Waals surface area (Å²) in [6.45, 7) is 7.14. The van der Waals surface area contributed by atoms with Gasteiger partial charge in [-0.25, -0.2) is 9.59 Å². The van der Waals surface area contributed by atoms with Crippen LogP contribution in [0.25, 0.3) is 0 Å². The maximum atomic E-state index is 11.4. The molecule has 0 aliphatic heterocycles. The molecule has 0 heterocycles. The Morgan fingerprint density at radius 2 is 1.74 bits per heavy atom. The van der Waals surface area contributed by atoms with Crippen LogP contribution in [0.4, 0.5) is 4.79 Å². The van der Waals surface area contributed by atoms with E-state index >= 15 is 0 Å². The van der Waals surface area contributed by atoms with Gasteiger partial charge in [0.25, 0.3) is 0 Å². The Labute approximate surface area is 136 Å².